The third kappa shape index (κ3) is 2.90. The lowest BCUT2D eigenvalue weighted by atomic mass is 10.3. The molecule has 1 heterocycles. The van der Waals surface area contributed by atoms with Crippen molar-refractivity contribution in [1.29, 1.82) is 5.26 Å². The highest BCUT2D eigenvalue weighted by atomic mass is 16.5. The molecule has 0 saturated carbocycles. The molecular weight excluding hydrogens is 256 g/mol. The van der Waals surface area contributed by atoms with Crippen molar-refractivity contribution in [3.05, 3.63) is 24.0 Å². The monoisotopic (exact) mass is 274 g/mol. The van der Waals surface area contributed by atoms with Gasteiger partial charge in [-0.05, 0) is 19.2 Å². The fourth-order valence-corrected chi connectivity index (χ4v) is 2.15. The summed E-state index contributed by atoms with van der Waals surface area (Å²) in [5.41, 5.74) is 1.73. The van der Waals surface area contributed by atoms with Crippen molar-refractivity contribution in [2.24, 2.45) is 0 Å². The summed E-state index contributed by atoms with van der Waals surface area (Å²) in [5.74, 6) is 1.56. The van der Waals surface area contributed by atoms with Gasteiger partial charge in [0.05, 0.1) is 37.4 Å². The Labute approximate surface area is 117 Å². The van der Waals surface area contributed by atoms with Crippen LogP contribution in [0.2, 0.25) is 0 Å². The van der Waals surface area contributed by atoms with E-state index in [4.69, 9.17) is 15.1 Å². The highest BCUT2D eigenvalue weighted by Gasteiger charge is 2.12. The van der Waals surface area contributed by atoms with E-state index in [1.807, 2.05) is 34.7 Å². The van der Waals surface area contributed by atoms with Gasteiger partial charge in [0.2, 0.25) is 0 Å². The zero-order chi connectivity index (χ0) is 14.5. The molecule has 6 heteroatoms. The molecule has 0 saturated heterocycles. The van der Waals surface area contributed by atoms with Crippen molar-refractivity contribution in [2.75, 3.05) is 27.3 Å². The number of rotatable bonds is 6. The topological polar surface area (TPSA) is 74.3 Å². The molecule has 2 aromatic rings. The van der Waals surface area contributed by atoms with Gasteiger partial charge >= 0.3 is 0 Å². The van der Waals surface area contributed by atoms with E-state index in [-0.39, 0.29) is 13.2 Å². The lowest BCUT2D eigenvalue weighted by Crippen LogP contribution is -2.23. The van der Waals surface area contributed by atoms with Crippen LogP contribution in [0.25, 0.3) is 11.0 Å². The van der Waals surface area contributed by atoms with Gasteiger partial charge in [-0.2, -0.15) is 5.26 Å². The minimum atomic E-state index is 0.100. The molecule has 0 radical (unpaired) electrons. The van der Waals surface area contributed by atoms with Crippen molar-refractivity contribution in [1.82, 2.24) is 14.5 Å². The van der Waals surface area contributed by atoms with Crippen molar-refractivity contribution in [3.8, 4) is 11.8 Å². The lowest BCUT2D eigenvalue weighted by molar-refractivity contribution is 0.213. The number of likely N-dealkylation sites (N-methyl/N-ethyl adjacent to an activating group) is 1. The van der Waals surface area contributed by atoms with E-state index in [1.54, 1.807) is 7.11 Å². The maximum atomic E-state index is 8.98. The Morgan fingerprint density at radius 1 is 1.50 bits per heavy atom. The first-order valence-electron chi connectivity index (χ1n) is 6.39. The van der Waals surface area contributed by atoms with Gasteiger partial charge in [-0.15, -0.1) is 0 Å². The highest BCUT2D eigenvalue weighted by Crippen LogP contribution is 2.22. The molecule has 0 bridgehead atoms. The van der Waals surface area contributed by atoms with Gasteiger partial charge < -0.3 is 14.4 Å². The Morgan fingerprint density at radius 2 is 2.30 bits per heavy atom. The van der Waals surface area contributed by atoms with Crippen molar-refractivity contribution < 1.29 is 9.84 Å². The predicted molar refractivity (Wildman–Crippen MR) is 75.3 cm³/mol. The Hall–Kier alpha value is -2.10. The molecule has 1 N–H and O–H groups in total. The first-order valence-corrected chi connectivity index (χ1v) is 6.39. The van der Waals surface area contributed by atoms with E-state index < -0.39 is 0 Å². The van der Waals surface area contributed by atoms with E-state index in [0.717, 1.165) is 22.6 Å². The zero-order valence-corrected chi connectivity index (χ0v) is 11.7. The van der Waals surface area contributed by atoms with E-state index in [1.165, 1.54) is 0 Å². The summed E-state index contributed by atoms with van der Waals surface area (Å²) in [5, 5.41) is 17.9. The minimum Gasteiger partial charge on any atom is -0.497 e. The summed E-state index contributed by atoms with van der Waals surface area (Å²) in [6.07, 6.45) is 0. The molecule has 20 heavy (non-hydrogen) atoms. The second-order valence-corrected chi connectivity index (χ2v) is 4.59. The summed E-state index contributed by atoms with van der Waals surface area (Å²) in [6.45, 7) is 1.51. The van der Waals surface area contributed by atoms with Crippen molar-refractivity contribution in [2.45, 2.75) is 13.1 Å². The van der Waals surface area contributed by atoms with Crippen LogP contribution >= 0.6 is 0 Å². The zero-order valence-electron chi connectivity index (χ0n) is 11.7. The fourth-order valence-electron chi connectivity index (χ4n) is 2.15. The van der Waals surface area contributed by atoms with E-state index in [0.29, 0.717) is 13.1 Å². The van der Waals surface area contributed by atoms with E-state index >= 15 is 0 Å². The number of nitriles is 1. The summed E-state index contributed by atoms with van der Waals surface area (Å²) in [4.78, 5) is 6.54. The number of imidazole rings is 1. The molecule has 0 fully saturated rings. The van der Waals surface area contributed by atoms with E-state index in [9.17, 15) is 0 Å². The molecule has 0 aliphatic rings. The molecule has 1 aromatic carbocycles. The summed E-state index contributed by atoms with van der Waals surface area (Å²) in [6, 6.07) is 7.79. The second-order valence-electron chi connectivity index (χ2n) is 4.59. The maximum absolute atomic E-state index is 8.98. The Kier molecular flexibility index (Phi) is 4.56. The van der Waals surface area contributed by atoms with Crippen LogP contribution in [-0.2, 0) is 13.1 Å². The SMILES string of the molecule is COc1ccc2c(c1)nc(CN(C)CCO)n2CC#N. The Morgan fingerprint density at radius 3 is 2.95 bits per heavy atom. The number of ether oxygens (including phenoxy) is 1. The number of methoxy groups -OCH3 is 1. The number of benzene rings is 1. The normalized spacial score (nSPS) is 10.9. The predicted octanol–water partition coefficient (Wildman–Crippen LogP) is 0.993. The first kappa shape index (κ1) is 14.3. The Balaban J connectivity index is 2.41. The smallest absolute Gasteiger partial charge is 0.125 e. The van der Waals surface area contributed by atoms with Crippen LogP contribution in [0.1, 0.15) is 5.82 Å². The van der Waals surface area contributed by atoms with Gasteiger partial charge in [0.25, 0.3) is 0 Å². The lowest BCUT2D eigenvalue weighted by Gasteiger charge is -2.14. The third-order valence-electron chi connectivity index (χ3n) is 3.16. The quantitative estimate of drug-likeness (QED) is 0.850. The average molecular weight is 274 g/mol. The maximum Gasteiger partial charge on any atom is 0.125 e. The minimum absolute atomic E-state index is 0.100. The number of fused-ring (bicyclic) bond motifs is 1. The van der Waals surface area contributed by atoms with Gasteiger partial charge in [-0.3, -0.25) is 4.90 Å². The second kappa shape index (κ2) is 6.37. The number of aliphatic hydroxyl groups excluding tert-OH is 1. The molecule has 0 amide bonds. The van der Waals surface area contributed by atoms with Crippen molar-refractivity contribution in [3.63, 3.8) is 0 Å². The van der Waals surface area contributed by atoms with E-state index in [2.05, 4.69) is 11.1 Å². The average Bonchev–Trinajstić information content (AvgIpc) is 2.76. The van der Waals surface area contributed by atoms with Crippen LogP contribution in [0.4, 0.5) is 0 Å². The van der Waals surface area contributed by atoms with Gasteiger partial charge in [0.15, 0.2) is 0 Å². The number of aromatic nitrogens is 2. The standard InChI is InChI=1S/C14H18N4O2/c1-17(7-8-19)10-14-16-12-9-11(20-2)3-4-13(12)18(14)6-5-15/h3-4,9,19H,6-8,10H2,1-2H3. The van der Waals surface area contributed by atoms with Crippen LogP contribution in [0, 0.1) is 11.3 Å². The van der Waals surface area contributed by atoms with Gasteiger partial charge in [-0.1, -0.05) is 0 Å². The number of hydrogen-bond acceptors (Lipinski definition) is 5. The third-order valence-corrected chi connectivity index (χ3v) is 3.16. The molecular formula is C14H18N4O2. The first-order chi connectivity index (χ1) is 9.69. The van der Waals surface area contributed by atoms with Crippen LogP contribution < -0.4 is 4.74 Å². The van der Waals surface area contributed by atoms with Gasteiger partial charge in [0.1, 0.15) is 18.1 Å². The molecule has 0 spiro atoms. The molecule has 0 aliphatic heterocycles. The molecule has 0 atom stereocenters. The molecule has 106 valence electrons. The van der Waals surface area contributed by atoms with Crippen molar-refractivity contribution >= 4 is 11.0 Å². The number of aliphatic hydroxyl groups is 1. The van der Waals surface area contributed by atoms with Crippen LogP contribution in [0.3, 0.4) is 0 Å². The number of nitrogens with zero attached hydrogens (tertiary/aromatic N) is 4. The molecule has 2 rings (SSSR count). The number of hydrogen-bond donors (Lipinski definition) is 1. The van der Waals surface area contributed by atoms with Crippen LogP contribution in [-0.4, -0.2) is 46.9 Å². The van der Waals surface area contributed by atoms with Crippen LogP contribution in [0.15, 0.2) is 18.2 Å². The molecule has 6 nitrogen and oxygen atoms in total. The molecule has 0 unspecified atom stereocenters. The largest absolute Gasteiger partial charge is 0.497 e. The highest BCUT2D eigenvalue weighted by molar-refractivity contribution is 5.78. The summed E-state index contributed by atoms with van der Waals surface area (Å²) < 4.78 is 7.08. The summed E-state index contributed by atoms with van der Waals surface area (Å²) in [7, 11) is 3.52. The fraction of sp³-hybridized carbons (Fsp3) is 0.429. The van der Waals surface area contributed by atoms with Crippen LogP contribution in [0.5, 0.6) is 5.75 Å². The van der Waals surface area contributed by atoms with Gasteiger partial charge in [0, 0.05) is 12.6 Å². The molecule has 0 aliphatic carbocycles. The summed E-state index contributed by atoms with van der Waals surface area (Å²) >= 11 is 0. The molecule has 1 aromatic heterocycles. The Bertz CT molecular complexity index is 630. The van der Waals surface area contributed by atoms with Gasteiger partial charge in [-0.25, -0.2) is 4.98 Å².